The Labute approximate surface area is 146 Å². The zero-order valence-corrected chi connectivity index (χ0v) is 14.6. The van der Waals surface area contributed by atoms with E-state index in [9.17, 15) is 4.79 Å². The van der Waals surface area contributed by atoms with Crippen LogP contribution in [0.3, 0.4) is 0 Å². The van der Waals surface area contributed by atoms with E-state index < -0.39 is 0 Å². The van der Waals surface area contributed by atoms with Crippen molar-refractivity contribution in [2.75, 3.05) is 6.54 Å². The zero-order chi connectivity index (χ0) is 17.6. The molecule has 0 aliphatic carbocycles. The van der Waals surface area contributed by atoms with Crippen molar-refractivity contribution in [1.82, 2.24) is 30.4 Å². The average molecular weight is 340 g/mol. The number of urea groups is 1. The lowest BCUT2D eigenvalue weighted by Gasteiger charge is -2.14. The predicted molar refractivity (Wildman–Crippen MR) is 97.4 cm³/mol. The molecule has 3 aromatic rings. The highest BCUT2D eigenvalue weighted by Crippen LogP contribution is 2.22. The number of carbonyl (C=O) groups is 1. The van der Waals surface area contributed by atoms with Crippen LogP contribution >= 0.6 is 0 Å². The Morgan fingerprint density at radius 2 is 2.24 bits per heavy atom. The monoisotopic (exact) mass is 340 g/mol. The second-order valence-corrected chi connectivity index (χ2v) is 6.18. The van der Waals surface area contributed by atoms with E-state index in [1.165, 1.54) is 28.4 Å². The number of aromatic nitrogens is 4. The molecule has 0 aliphatic heterocycles. The van der Waals surface area contributed by atoms with Crippen molar-refractivity contribution in [2.45, 2.75) is 39.3 Å². The molecule has 0 fully saturated rings. The Morgan fingerprint density at radius 3 is 3.00 bits per heavy atom. The van der Waals surface area contributed by atoms with Crippen LogP contribution in [0.1, 0.15) is 25.0 Å². The smallest absolute Gasteiger partial charge is 0.315 e. The normalized spacial score (nSPS) is 12.2. The number of hydrogen-bond acceptors (Lipinski definition) is 3. The first-order valence-electron chi connectivity index (χ1n) is 8.62. The maximum atomic E-state index is 12.0. The number of carbonyl (C=O) groups excluding carboxylic acids is 1. The molecule has 7 heteroatoms. The fourth-order valence-electron chi connectivity index (χ4n) is 3.02. The third-order valence-electron chi connectivity index (χ3n) is 4.25. The molecule has 2 aromatic heterocycles. The average Bonchev–Trinajstić information content (AvgIpc) is 3.24. The van der Waals surface area contributed by atoms with E-state index >= 15 is 0 Å². The lowest BCUT2D eigenvalue weighted by Crippen LogP contribution is -2.43. The molecule has 2 heterocycles. The molecule has 0 spiro atoms. The van der Waals surface area contributed by atoms with Gasteiger partial charge in [0, 0.05) is 29.7 Å². The van der Waals surface area contributed by atoms with E-state index in [0.717, 1.165) is 12.8 Å². The maximum absolute atomic E-state index is 12.0. The molecule has 0 aliphatic rings. The van der Waals surface area contributed by atoms with Gasteiger partial charge < -0.3 is 15.6 Å². The van der Waals surface area contributed by atoms with Crippen molar-refractivity contribution in [1.29, 1.82) is 0 Å². The number of fused-ring (bicyclic) bond motifs is 1. The number of H-pyrrole nitrogens is 1. The molecule has 25 heavy (non-hydrogen) atoms. The topological polar surface area (TPSA) is 87.6 Å². The summed E-state index contributed by atoms with van der Waals surface area (Å²) in [6.45, 7) is 5.27. The summed E-state index contributed by atoms with van der Waals surface area (Å²) in [6, 6.07) is 6.17. The minimum absolute atomic E-state index is 0.0260. The lowest BCUT2D eigenvalue weighted by molar-refractivity contribution is 0.236. The number of nitrogens with one attached hydrogen (secondary N) is 3. The van der Waals surface area contributed by atoms with Gasteiger partial charge in [-0.1, -0.05) is 25.1 Å². The van der Waals surface area contributed by atoms with Gasteiger partial charge in [0.1, 0.15) is 12.7 Å². The second kappa shape index (κ2) is 7.83. The number of nitrogens with zero attached hydrogens (tertiary/aromatic N) is 3. The first-order valence-corrected chi connectivity index (χ1v) is 8.62. The number of aryl methyl sites for hydroxylation is 1. The number of aromatic amines is 1. The molecule has 3 N–H and O–H groups in total. The first kappa shape index (κ1) is 17.0. The largest absolute Gasteiger partial charge is 0.361 e. The molecule has 1 aromatic carbocycles. The van der Waals surface area contributed by atoms with Crippen molar-refractivity contribution < 1.29 is 4.79 Å². The highest BCUT2D eigenvalue weighted by Gasteiger charge is 2.09. The molecule has 1 atom stereocenters. The molecular formula is C18H24N6O. The fraction of sp³-hybridized carbons (Fsp3) is 0.389. The number of para-hydroxylation sites is 1. The van der Waals surface area contributed by atoms with Gasteiger partial charge in [0.15, 0.2) is 0 Å². The highest BCUT2D eigenvalue weighted by molar-refractivity contribution is 5.86. The zero-order valence-electron chi connectivity index (χ0n) is 14.6. The predicted octanol–water partition coefficient (Wildman–Crippen LogP) is 2.25. The van der Waals surface area contributed by atoms with E-state index in [1.54, 1.807) is 11.0 Å². The van der Waals surface area contributed by atoms with Crippen molar-refractivity contribution in [3.8, 4) is 0 Å². The van der Waals surface area contributed by atoms with Crippen LogP contribution in [0.4, 0.5) is 4.79 Å². The third kappa shape index (κ3) is 4.17. The molecule has 0 radical (unpaired) electrons. The third-order valence-corrected chi connectivity index (χ3v) is 4.25. The summed E-state index contributed by atoms with van der Waals surface area (Å²) >= 11 is 0. The van der Waals surface area contributed by atoms with Crippen molar-refractivity contribution in [2.24, 2.45) is 0 Å². The standard InChI is InChI=1S/C18H24N6O/c1-3-14-5-4-6-16-15(9-21-17(14)16)7-8-20-18(25)23-13(2)10-24-12-19-11-22-24/h4-6,9,11-13,21H,3,7-8,10H2,1-2H3,(H2,20,23,25)/t13-/m1/s1. The molecule has 7 nitrogen and oxygen atoms in total. The van der Waals surface area contributed by atoms with Crippen molar-refractivity contribution >= 4 is 16.9 Å². The summed E-state index contributed by atoms with van der Waals surface area (Å²) in [6.07, 6.45) is 6.95. The van der Waals surface area contributed by atoms with Crippen LogP contribution in [0.2, 0.25) is 0 Å². The van der Waals surface area contributed by atoms with Gasteiger partial charge in [0.2, 0.25) is 0 Å². The Hall–Kier alpha value is -2.83. The molecule has 0 unspecified atom stereocenters. The van der Waals surface area contributed by atoms with Gasteiger partial charge in [0.05, 0.1) is 6.54 Å². The summed E-state index contributed by atoms with van der Waals surface area (Å²) in [5.41, 5.74) is 3.74. The quantitative estimate of drug-likeness (QED) is 0.616. The summed E-state index contributed by atoms with van der Waals surface area (Å²) < 4.78 is 1.70. The van der Waals surface area contributed by atoms with Crippen LogP contribution < -0.4 is 10.6 Å². The maximum Gasteiger partial charge on any atom is 0.315 e. The summed E-state index contributed by atoms with van der Waals surface area (Å²) in [4.78, 5) is 19.2. The van der Waals surface area contributed by atoms with Crippen LogP contribution in [0.15, 0.2) is 37.1 Å². The number of hydrogen-bond donors (Lipinski definition) is 3. The Kier molecular flexibility index (Phi) is 5.33. The van der Waals surface area contributed by atoms with Crippen LogP contribution in [-0.2, 0) is 19.4 Å². The van der Waals surface area contributed by atoms with E-state index in [2.05, 4.69) is 50.8 Å². The van der Waals surface area contributed by atoms with Gasteiger partial charge in [-0.15, -0.1) is 0 Å². The van der Waals surface area contributed by atoms with Gasteiger partial charge >= 0.3 is 6.03 Å². The lowest BCUT2D eigenvalue weighted by atomic mass is 10.1. The molecular weight excluding hydrogens is 316 g/mol. The summed E-state index contributed by atoms with van der Waals surface area (Å²) in [5.74, 6) is 0. The minimum atomic E-state index is -0.165. The number of benzene rings is 1. The first-order chi connectivity index (χ1) is 12.2. The van der Waals surface area contributed by atoms with E-state index in [0.29, 0.717) is 13.1 Å². The molecule has 0 saturated carbocycles. The van der Waals surface area contributed by atoms with Gasteiger partial charge in [-0.3, -0.25) is 4.68 Å². The molecule has 2 amide bonds. The van der Waals surface area contributed by atoms with E-state index in [1.807, 2.05) is 13.1 Å². The molecule has 3 rings (SSSR count). The SMILES string of the molecule is CCc1cccc2c(CCNC(=O)N[C@H](C)Cn3cncn3)c[nH]c12. The minimum Gasteiger partial charge on any atom is -0.361 e. The van der Waals surface area contributed by atoms with Crippen molar-refractivity contribution in [3.63, 3.8) is 0 Å². The summed E-state index contributed by atoms with van der Waals surface area (Å²) in [7, 11) is 0. The van der Waals surface area contributed by atoms with Gasteiger partial charge in [0.25, 0.3) is 0 Å². The fourth-order valence-corrected chi connectivity index (χ4v) is 3.02. The van der Waals surface area contributed by atoms with Gasteiger partial charge in [-0.05, 0) is 30.9 Å². The van der Waals surface area contributed by atoms with Crippen LogP contribution in [0.5, 0.6) is 0 Å². The molecule has 0 bridgehead atoms. The Bertz CT molecular complexity index is 823. The van der Waals surface area contributed by atoms with E-state index in [4.69, 9.17) is 0 Å². The molecule has 132 valence electrons. The second-order valence-electron chi connectivity index (χ2n) is 6.18. The van der Waals surface area contributed by atoms with Crippen LogP contribution in [0.25, 0.3) is 10.9 Å². The van der Waals surface area contributed by atoms with Crippen LogP contribution in [-0.4, -0.2) is 38.4 Å². The Balaban J connectivity index is 1.48. The molecule has 0 saturated heterocycles. The Morgan fingerprint density at radius 1 is 1.36 bits per heavy atom. The summed E-state index contributed by atoms with van der Waals surface area (Å²) in [5, 5.41) is 11.1. The van der Waals surface area contributed by atoms with Gasteiger partial charge in [-0.25, -0.2) is 9.78 Å². The van der Waals surface area contributed by atoms with Gasteiger partial charge in [-0.2, -0.15) is 5.10 Å². The van der Waals surface area contributed by atoms with E-state index in [-0.39, 0.29) is 12.1 Å². The van der Waals surface area contributed by atoms with Crippen LogP contribution in [0, 0.1) is 0 Å². The highest BCUT2D eigenvalue weighted by atomic mass is 16.2. The number of rotatable bonds is 7. The number of amides is 2. The van der Waals surface area contributed by atoms with Crippen molar-refractivity contribution in [3.05, 3.63) is 48.2 Å².